The Morgan fingerprint density at radius 1 is 1.07 bits per heavy atom. The van der Waals surface area contributed by atoms with Gasteiger partial charge in [0.25, 0.3) is 0 Å². The van der Waals surface area contributed by atoms with E-state index >= 15 is 0 Å². The Labute approximate surface area is 161 Å². The zero-order valence-electron chi connectivity index (χ0n) is 14.8. The molecule has 0 amide bonds. The lowest BCUT2D eigenvalue weighted by Gasteiger charge is -2.34. The van der Waals surface area contributed by atoms with Crippen LogP contribution in [0.25, 0.3) is 21.9 Å². The maximum Gasteiger partial charge on any atom is 0.326 e. The molecule has 2 aromatic heterocycles. The van der Waals surface area contributed by atoms with Crippen molar-refractivity contribution in [2.75, 3.05) is 18.0 Å². The van der Waals surface area contributed by atoms with Gasteiger partial charge in [-0.15, -0.1) is 0 Å². The standard InChI is InChI=1S/C21H19ClN4O/c22-14-5-6-16-18(13-14)23-10-7-19(16)25-11-8-15(9-12-25)26-20-4-2-1-3-17(20)24-21(26)27/h1-7,10,13,15H,8-9,11-12H2,(H,24,27)/p+1. The molecule has 0 saturated carbocycles. The van der Waals surface area contributed by atoms with Gasteiger partial charge in [-0.3, -0.25) is 4.57 Å². The first kappa shape index (κ1) is 16.4. The van der Waals surface area contributed by atoms with Crippen LogP contribution in [0, 0.1) is 0 Å². The fourth-order valence-corrected chi connectivity index (χ4v) is 4.41. The van der Waals surface area contributed by atoms with Gasteiger partial charge >= 0.3 is 5.69 Å². The van der Waals surface area contributed by atoms with Crippen molar-refractivity contribution in [2.45, 2.75) is 18.9 Å². The third-order valence-electron chi connectivity index (χ3n) is 5.53. The summed E-state index contributed by atoms with van der Waals surface area (Å²) in [7, 11) is 0. The summed E-state index contributed by atoms with van der Waals surface area (Å²) >= 11 is 6.13. The van der Waals surface area contributed by atoms with E-state index in [2.05, 4.69) is 27.0 Å². The molecule has 6 heteroatoms. The van der Waals surface area contributed by atoms with Gasteiger partial charge in [0.15, 0.2) is 6.20 Å². The van der Waals surface area contributed by atoms with Gasteiger partial charge in [0, 0.05) is 36.3 Å². The SMILES string of the molecule is O=c1[nH]c2ccccc2n1C1CCN(c2cc[nH+]c3cc(Cl)ccc23)CC1. The molecule has 5 nitrogen and oxygen atoms in total. The maximum atomic E-state index is 12.5. The van der Waals surface area contributed by atoms with E-state index in [9.17, 15) is 4.79 Å². The normalized spacial score (nSPS) is 15.7. The number of fused-ring (bicyclic) bond motifs is 2. The second-order valence-corrected chi connectivity index (χ2v) is 7.52. The molecular formula is C21H20ClN4O+. The quantitative estimate of drug-likeness (QED) is 0.576. The molecule has 1 saturated heterocycles. The minimum absolute atomic E-state index is 0.0101. The zero-order chi connectivity index (χ0) is 18.4. The van der Waals surface area contributed by atoms with Crippen molar-refractivity contribution in [1.82, 2.24) is 9.55 Å². The van der Waals surface area contributed by atoms with Crippen LogP contribution in [0.3, 0.4) is 0 Å². The first-order chi connectivity index (χ1) is 13.2. The highest BCUT2D eigenvalue weighted by Gasteiger charge is 2.25. The molecule has 0 spiro atoms. The first-order valence-electron chi connectivity index (χ1n) is 9.25. The lowest BCUT2D eigenvalue weighted by molar-refractivity contribution is -0.344. The molecule has 1 aliphatic rings. The van der Waals surface area contributed by atoms with Gasteiger partial charge < -0.3 is 9.88 Å². The van der Waals surface area contributed by atoms with E-state index in [0.717, 1.165) is 47.5 Å². The van der Waals surface area contributed by atoms with Gasteiger partial charge in [0.1, 0.15) is 0 Å². The summed E-state index contributed by atoms with van der Waals surface area (Å²) in [5, 5.41) is 1.90. The van der Waals surface area contributed by atoms with Crippen molar-refractivity contribution in [1.29, 1.82) is 0 Å². The highest BCUT2D eigenvalue weighted by molar-refractivity contribution is 6.31. The molecule has 5 rings (SSSR count). The third-order valence-corrected chi connectivity index (χ3v) is 5.77. The summed E-state index contributed by atoms with van der Waals surface area (Å²) in [6.07, 6.45) is 3.84. The molecule has 3 heterocycles. The number of anilines is 1. The second-order valence-electron chi connectivity index (χ2n) is 7.09. The molecule has 0 radical (unpaired) electrons. The van der Waals surface area contributed by atoms with Crippen molar-refractivity contribution in [3.8, 4) is 0 Å². The van der Waals surface area contributed by atoms with Crippen LogP contribution in [0.1, 0.15) is 18.9 Å². The van der Waals surface area contributed by atoms with Gasteiger partial charge in [-0.1, -0.05) is 23.7 Å². The number of H-pyrrole nitrogens is 2. The Morgan fingerprint density at radius 3 is 2.74 bits per heavy atom. The van der Waals surface area contributed by atoms with Gasteiger partial charge in [-0.25, -0.2) is 9.78 Å². The molecule has 1 aliphatic heterocycles. The summed E-state index contributed by atoms with van der Waals surface area (Å²) in [6, 6.07) is 16.2. The molecule has 2 aromatic carbocycles. The topological polar surface area (TPSA) is 55.2 Å². The smallest absolute Gasteiger partial charge is 0.326 e. The number of nitrogens with zero attached hydrogens (tertiary/aromatic N) is 2. The number of benzene rings is 2. The maximum absolute atomic E-state index is 12.5. The van der Waals surface area contributed by atoms with E-state index in [1.165, 1.54) is 11.1 Å². The highest BCUT2D eigenvalue weighted by Crippen LogP contribution is 2.31. The number of hydrogen-bond donors (Lipinski definition) is 1. The Bertz CT molecular complexity index is 1190. The van der Waals surface area contributed by atoms with E-state index in [-0.39, 0.29) is 11.7 Å². The average Bonchev–Trinajstić information content (AvgIpc) is 3.03. The minimum Gasteiger partial charge on any atom is -0.371 e. The molecule has 0 bridgehead atoms. The van der Waals surface area contributed by atoms with Crippen LogP contribution in [0.2, 0.25) is 5.02 Å². The van der Waals surface area contributed by atoms with Crippen LogP contribution in [0.5, 0.6) is 0 Å². The molecule has 1 fully saturated rings. The average molecular weight is 380 g/mol. The van der Waals surface area contributed by atoms with Gasteiger partial charge in [0.2, 0.25) is 5.52 Å². The number of hydrogen-bond acceptors (Lipinski definition) is 2. The van der Waals surface area contributed by atoms with E-state index in [0.29, 0.717) is 0 Å². The van der Waals surface area contributed by atoms with Gasteiger partial charge in [0.05, 0.1) is 22.1 Å². The van der Waals surface area contributed by atoms with Crippen molar-refractivity contribution >= 4 is 39.2 Å². The van der Waals surface area contributed by atoms with Crippen LogP contribution in [0.4, 0.5) is 5.69 Å². The molecule has 4 aromatic rings. The van der Waals surface area contributed by atoms with E-state index in [1.807, 2.05) is 47.2 Å². The number of nitrogens with one attached hydrogen (secondary N) is 2. The lowest BCUT2D eigenvalue weighted by Crippen LogP contribution is -2.37. The summed E-state index contributed by atoms with van der Waals surface area (Å²) in [4.78, 5) is 21.1. The Hall–Kier alpha value is -2.79. The molecule has 0 unspecified atom stereocenters. The number of piperidine rings is 1. The number of rotatable bonds is 2. The summed E-state index contributed by atoms with van der Waals surface area (Å²) in [6.45, 7) is 1.83. The van der Waals surface area contributed by atoms with Crippen molar-refractivity contribution in [2.24, 2.45) is 0 Å². The first-order valence-corrected chi connectivity index (χ1v) is 9.63. The minimum atomic E-state index is -0.0101. The van der Waals surface area contributed by atoms with E-state index < -0.39 is 0 Å². The van der Waals surface area contributed by atoms with Crippen LogP contribution >= 0.6 is 11.6 Å². The predicted octanol–water partition coefficient (Wildman–Crippen LogP) is 3.79. The highest BCUT2D eigenvalue weighted by atomic mass is 35.5. The van der Waals surface area contributed by atoms with Crippen molar-refractivity contribution < 1.29 is 4.98 Å². The molecule has 136 valence electrons. The molecule has 0 atom stereocenters. The monoisotopic (exact) mass is 379 g/mol. The fraction of sp³-hybridized carbons (Fsp3) is 0.238. The lowest BCUT2D eigenvalue weighted by atomic mass is 10.0. The molecular weight excluding hydrogens is 360 g/mol. The third kappa shape index (κ3) is 2.79. The van der Waals surface area contributed by atoms with Crippen LogP contribution in [0.15, 0.2) is 59.5 Å². The Morgan fingerprint density at radius 2 is 1.89 bits per heavy atom. The fourth-order valence-electron chi connectivity index (χ4n) is 4.24. The van der Waals surface area contributed by atoms with E-state index in [4.69, 9.17) is 11.6 Å². The summed E-state index contributed by atoms with van der Waals surface area (Å²) in [5.74, 6) is 0. The number of aromatic nitrogens is 3. The van der Waals surface area contributed by atoms with Crippen LogP contribution < -0.4 is 15.6 Å². The summed E-state index contributed by atoms with van der Waals surface area (Å²) < 4.78 is 1.93. The van der Waals surface area contributed by atoms with Crippen LogP contribution in [-0.4, -0.2) is 22.6 Å². The largest absolute Gasteiger partial charge is 0.371 e. The van der Waals surface area contributed by atoms with Crippen LogP contribution in [-0.2, 0) is 0 Å². The van der Waals surface area contributed by atoms with Crippen molar-refractivity contribution in [3.63, 3.8) is 0 Å². The predicted molar refractivity (Wildman–Crippen MR) is 109 cm³/mol. The number of para-hydroxylation sites is 2. The van der Waals surface area contributed by atoms with Crippen molar-refractivity contribution in [3.05, 3.63) is 70.2 Å². The molecule has 2 N–H and O–H groups in total. The molecule has 27 heavy (non-hydrogen) atoms. The zero-order valence-corrected chi connectivity index (χ0v) is 15.5. The number of halogens is 1. The van der Waals surface area contributed by atoms with Gasteiger partial charge in [-0.2, -0.15) is 0 Å². The second kappa shape index (κ2) is 6.43. The number of aromatic amines is 2. The van der Waals surface area contributed by atoms with E-state index in [1.54, 1.807) is 0 Å². The molecule has 0 aliphatic carbocycles. The number of imidazole rings is 1. The van der Waals surface area contributed by atoms with Gasteiger partial charge in [-0.05, 0) is 37.1 Å². The summed E-state index contributed by atoms with van der Waals surface area (Å²) in [5.41, 5.74) is 4.14. The number of pyridine rings is 1. The Kier molecular flexibility index (Phi) is 3.90. The Balaban J connectivity index is 1.44.